The van der Waals surface area contributed by atoms with E-state index in [1.165, 1.54) is 13.8 Å². The van der Waals surface area contributed by atoms with Gasteiger partial charge in [0.15, 0.2) is 23.9 Å². The van der Waals surface area contributed by atoms with E-state index in [4.69, 9.17) is 9.47 Å². The number of hydrogen-bond donors (Lipinski definition) is 1. The zero-order valence-corrected chi connectivity index (χ0v) is 10.2. The van der Waals surface area contributed by atoms with Gasteiger partial charge in [-0.2, -0.15) is 5.10 Å². The number of esters is 2. The van der Waals surface area contributed by atoms with Gasteiger partial charge in [0.1, 0.15) is 0 Å². The first-order valence-electron chi connectivity index (χ1n) is 5.16. The lowest BCUT2D eigenvalue weighted by Gasteiger charge is -2.08. The molecule has 0 fully saturated rings. The van der Waals surface area contributed by atoms with Gasteiger partial charge >= 0.3 is 11.9 Å². The number of nitrogens with zero attached hydrogens (tertiary/aromatic N) is 2. The molecule has 1 N–H and O–H groups in total. The van der Waals surface area contributed by atoms with Crippen molar-refractivity contribution < 1.29 is 19.1 Å². The SMILES string of the molecule is CC(=O)O[C@@H](C)c1n[nH]c([C@H](C)OC(C)=O)n1. The van der Waals surface area contributed by atoms with Crippen LogP contribution in [0.2, 0.25) is 0 Å². The van der Waals surface area contributed by atoms with Crippen LogP contribution < -0.4 is 0 Å². The van der Waals surface area contributed by atoms with Crippen molar-refractivity contribution in [1.82, 2.24) is 15.2 Å². The molecule has 0 unspecified atom stereocenters. The number of carbonyl (C=O) groups excluding carboxylic acids is 2. The minimum absolute atomic E-state index is 0.342. The average molecular weight is 241 g/mol. The predicted molar refractivity (Wildman–Crippen MR) is 56.7 cm³/mol. The van der Waals surface area contributed by atoms with Gasteiger partial charge in [0.2, 0.25) is 0 Å². The molecule has 0 aromatic carbocycles. The van der Waals surface area contributed by atoms with Gasteiger partial charge < -0.3 is 9.47 Å². The molecule has 2 atom stereocenters. The molecule has 0 spiro atoms. The summed E-state index contributed by atoms with van der Waals surface area (Å²) in [4.78, 5) is 25.6. The maximum absolute atomic E-state index is 10.8. The Morgan fingerprint density at radius 1 is 1.12 bits per heavy atom. The number of aromatic nitrogens is 3. The molecule has 94 valence electrons. The lowest BCUT2D eigenvalue weighted by atomic mass is 10.3. The predicted octanol–water partition coefficient (Wildman–Crippen LogP) is 1.05. The van der Waals surface area contributed by atoms with Crippen LogP contribution in [0.15, 0.2) is 0 Å². The normalized spacial score (nSPS) is 13.9. The van der Waals surface area contributed by atoms with E-state index in [1.807, 2.05) is 0 Å². The molecule has 7 nitrogen and oxygen atoms in total. The molecular formula is C10H15N3O4. The highest BCUT2D eigenvalue weighted by Crippen LogP contribution is 2.16. The fourth-order valence-electron chi connectivity index (χ4n) is 1.26. The Kier molecular flexibility index (Phi) is 4.19. The van der Waals surface area contributed by atoms with Gasteiger partial charge in [0.05, 0.1) is 0 Å². The molecule has 0 saturated carbocycles. The molecule has 0 radical (unpaired) electrons. The quantitative estimate of drug-likeness (QED) is 0.792. The van der Waals surface area contributed by atoms with Gasteiger partial charge in [0.25, 0.3) is 0 Å². The van der Waals surface area contributed by atoms with E-state index in [9.17, 15) is 9.59 Å². The highest BCUT2D eigenvalue weighted by Gasteiger charge is 2.18. The van der Waals surface area contributed by atoms with Crippen molar-refractivity contribution in [2.75, 3.05) is 0 Å². The summed E-state index contributed by atoms with van der Waals surface area (Å²) in [6.07, 6.45) is -1.06. The summed E-state index contributed by atoms with van der Waals surface area (Å²) in [6, 6.07) is 0. The van der Waals surface area contributed by atoms with Gasteiger partial charge in [-0.1, -0.05) is 0 Å². The van der Waals surface area contributed by atoms with Crippen LogP contribution in [-0.2, 0) is 19.1 Å². The number of ether oxygens (including phenoxy) is 2. The van der Waals surface area contributed by atoms with E-state index in [-0.39, 0.29) is 0 Å². The van der Waals surface area contributed by atoms with Crippen molar-refractivity contribution in [3.8, 4) is 0 Å². The summed E-state index contributed by atoms with van der Waals surface area (Å²) in [6.45, 7) is 5.95. The summed E-state index contributed by atoms with van der Waals surface area (Å²) in [5, 5.41) is 6.53. The van der Waals surface area contributed by atoms with Crippen LogP contribution in [0.3, 0.4) is 0 Å². The second-order valence-corrected chi connectivity index (χ2v) is 3.58. The lowest BCUT2D eigenvalue weighted by Crippen LogP contribution is -2.08. The van der Waals surface area contributed by atoms with Crippen molar-refractivity contribution in [1.29, 1.82) is 0 Å². The molecule has 0 bridgehead atoms. The van der Waals surface area contributed by atoms with Crippen molar-refractivity contribution in [2.24, 2.45) is 0 Å². The molecule has 1 heterocycles. The number of aromatic amines is 1. The van der Waals surface area contributed by atoms with E-state index in [1.54, 1.807) is 13.8 Å². The molecule has 0 amide bonds. The number of H-pyrrole nitrogens is 1. The number of nitrogens with one attached hydrogen (secondary N) is 1. The first-order valence-corrected chi connectivity index (χ1v) is 5.16. The number of hydrogen-bond acceptors (Lipinski definition) is 6. The number of rotatable bonds is 4. The Morgan fingerprint density at radius 2 is 1.65 bits per heavy atom. The molecule has 0 aliphatic carbocycles. The highest BCUT2D eigenvalue weighted by molar-refractivity contribution is 5.66. The molecule has 0 aliphatic rings. The van der Waals surface area contributed by atoms with Crippen molar-refractivity contribution >= 4 is 11.9 Å². The lowest BCUT2D eigenvalue weighted by molar-refractivity contribution is -0.146. The Balaban J connectivity index is 2.70. The maximum Gasteiger partial charge on any atom is 0.303 e. The van der Waals surface area contributed by atoms with Gasteiger partial charge in [-0.15, -0.1) is 0 Å². The molecule has 17 heavy (non-hydrogen) atoms. The van der Waals surface area contributed by atoms with Crippen molar-refractivity contribution in [3.05, 3.63) is 11.6 Å². The van der Waals surface area contributed by atoms with Gasteiger partial charge in [-0.05, 0) is 13.8 Å². The average Bonchev–Trinajstić information content (AvgIpc) is 2.63. The fourth-order valence-corrected chi connectivity index (χ4v) is 1.26. The highest BCUT2D eigenvalue weighted by atomic mass is 16.5. The van der Waals surface area contributed by atoms with E-state index in [0.29, 0.717) is 11.6 Å². The van der Waals surface area contributed by atoms with Crippen molar-refractivity contribution in [2.45, 2.75) is 39.9 Å². The van der Waals surface area contributed by atoms with Gasteiger partial charge in [0, 0.05) is 13.8 Å². The third-order valence-corrected chi connectivity index (χ3v) is 1.95. The zero-order valence-electron chi connectivity index (χ0n) is 10.2. The van der Waals surface area contributed by atoms with E-state index >= 15 is 0 Å². The van der Waals surface area contributed by atoms with Crippen molar-refractivity contribution in [3.63, 3.8) is 0 Å². The Morgan fingerprint density at radius 3 is 2.18 bits per heavy atom. The molecule has 0 saturated heterocycles. The smallest absolute Gasteiger partial charge is 0.303 e. The van der Waals surface area contributed by atoms with Crippen LogP contribution in [0.1, 0.15) is 51.6 Å². The second-order valence-electron chi connectivity index (χ2n) is 3.58. The molecule has 0 aliphatic heterocycles. The van der Waals surface area contributed by atoms with Crippen LogP contribution in [0.25, 0.3) is 0 Å². The van der Waals surface area contributed by atoms with Gasteiger partial charge in [-0.25, -0.2) is 4.98 Å². The Hall–Kier alpha value is -1.92. The molecular weight excluding hydrogens is 226 g/mol. The van der Waals surface area contributed by atoms with E-state index in [0.717, 1.165) is 0 Å². The fraction of sp³-hybridized carbons (Fsp3) is 0.600. The maximum atomic E-state index is 10.8. The third kappa shape index (κ3) is 3.86. The molecule has 1 aromatic heterocycles. The first-order chi connectivity index (χ1) is 7.90. The number of carbonyl (C=O) groups is 2. The Labute approximate surface area is 98.5 Å². The minimum Gasteiger partial charge on any atom is -0.455 e. The molecule has 1 rings (SSSR count). The van der Waals surface area contributed by atoms with E-state index in [2.05, 4.69) is 15.2 Å². The summed E-state index contributed by atoms with van der Waals surface area (Å²) >= 11 is 0. The molecule has 7 heteroatoms. The third-order valence-electron chi connectivity index (χ3n) is 1.95. The van der Waals surface area contributed by atoms with Crippen LogP contribution >= 0.6 is 0 Å². The molecule has 1 aromatic rings. The summed E-state index contributed by atoms with van der Waals surface area (Å²) in [5.74, 6) is -0.0521. The standard InChI is InChI=1S/C10H15N3O4/c1-5(16-7(3)14)9-11-10(13-12-9)6(2)17-8(4)15/h5-6H,1-4H3,(H,11,12,13)/t5-,6-/m0/s1. The van der Waals surface area contributed by atoms with Gasteiger partial charge in [-0.3, -0.25) is 14.7 Å². The Bertz CT molecular complexity index is 379. The zero-order chi connectivity index (χ0) is 13.0. The second kappa shape index (κ2) is 5.42. The van der Waals surface area contributed by atoms with Crippen LogP contribution in [0, 0.1) is 0 Å². The van der Waals surface area contributed by atoms with E-state index < -0.39 is 24.1 Å². The summed E-state index contributed by atoms with van der Waals surface area (Å²) in [5.41, 5.74) is 0. The van der Waals surface area contributed by atoms with Crippen LogP contribution in [0.5, 0.6) is 0 Å². The van der Waals surface area contributed by atoms with Crippen LogP contribution in [0.4, 0.5) is 0 Å². The van der Waals surface area contributed by atoms with Crippen LogP contribution in [-0.4, -0.2) is 27.1 Å². The monoisotopic (exact) mass is 241 g/mol. The topological polar surface area (TPSA) is 94.2 Å². The summed E-state index contributed by atoms with van der Waals surface area (Å²) in [7, 11) is 0. The first kappa shape index (κ1) is 13.1. The largest absolute Gasteiger partial charge is 0.455 e. The minimum atomic E-state index is -0.540. The summed E-state index contributed by atoms with van der Waals surface area (Å²) < 4.78 is 9.85.